The smallest absolute Gasteiger partial charge is 0.406 e. The van der Waals surface area contributed by atoms with Gasteiger partial charge in [-0.3, -0.25) is 4.79 Å². The number of halogens is 3. The molecule has 1 amide bonds. The van der Waals surface area contributed by atoms with E-state index in [1.807, 2.05) is 0 Å². The van der Waals surface area contributed by atoms with E-state index in [2.05, 4.69) is 20.0 Å². The topological polar surface area (TPSA) is 87.6 Å². The van der Waals surface area contributed by atoms with E-state index in [9.17, 15) is 23.1 Å². The Bertz CT molecular complexity index is 1110. The number of ether oxygens (including phenoxy) is 1. The first kappa shape index (κ1) is 22.5. The molecule has 0 unspecified atom stereocenters. The minimum atomic E-state index is -4.74. The summed E-state index contributed by atoms with van der Waals surface area (Å²) in [5.74, 6) is 0.0268. The Hall–Kier alpha value is -3.66. The highest BCUT2D eigenvalue weighted by molar-refractivity contribution is 5.95. The SMILES string of the molecule is O=C(c1ccc(-c2cc(Nc3ccc(OC(F)(F)F)cc3)ncn2)cc1)N1CCC[C@H]1CO. The average molecular weight is 458 g/mol. The van der Waals surface area contributed by atoms with Crippen LogP contribution in [0.25, 0.3) is 11.3 Å². The van der Waals surface area contributed by atoms with E-state index in [0.29, 0.717) is 29.3 Å². The van der Waals surface area contributed by atoms with Gasteiger partial charge in [0, 0.05) is 29.4 Å². The van der Waals surface area contributed by atoms with Crippen molar-refractivity contribution in [3.8, 4) is 17.0 Å². The lowest BCUT2D eigenvalue weighted by atomic mass is 10.1. The van der Waals surface area contributed by atoms with Crippen molar-refractivity contribution >= 4 is 17.4 Å². The Balaban J connectivity index is 1.45. The van der Waals surface area contributed by atoms with Crippen LogP contribution < -0.4 is 10.1 Å². The third-order valence-electron chi connectivity index (χ3n) is 5.30. The number of aliphatic hydroxyl groups is 1. The van der Waals surface area contributed by atoms with E-state index >= 15 is 0 Å². The highest BCUT2D eigenvalue weighted by Gasteiger charge is 2.31. The van der Waals surface area contributed by atoms with Gasteiger partial charge in [-0.2, -0.15) is 0 Å². The molecule has 7 nitrogen and oxygen atoms in total. The molecule has 1 atom stereocenters. The van der Waals surface area contributed by atoms with Gasteiger partial charge in [-0.1, -0.05) is 12.1 Å². The zero-order valence-corrected chi connectivity index (χ0v) is 17.4. The number of carbonyl (C=O) groups excluding carboxylic acids is 1. The molecule has 0 spiro atoms. The summed E-state index contributed by atoms with van der Waals surface area (Å²) in [7, 11) is 0. The van der Waals surface area contributed by atoms with Crippen LogP contribution in [0.4, 0.5) is 24.7 Å². The van der Waals surface area contributed by atoms with Crippen molar-refractivity contribution in [1.29, 1.82) is 0 Å². The first-order valence-electron chi connectivity index (χ1n) is 10.3. The summed E-state index contributed by atoms with van der Waals surface area (Å²) in [5, 5.41) is 12.5. The number of aliphatic hydroxyl groups excluding tert-OH is 1. The van der Waals surface area contributed by atoms with Gasteiger partial charge in [0.2, 0.25) is 0 Å². The van der Waals surface area contributed by atoms with Crippen LogP contribution in [-0.4, -0.2) is 51.4 Å². The summed E-state index contributed by atoms with van der Waals surface area (Å²) in [5.41, 5.74) is 2.44. The predicted octanol–water partition coefficient (Wildman–Crippen LogP) is 4.38. The summed E-state index contributed by atoms with van der Waals surface area (Å²) in [6.45, 7) is 0.592. The van der Waals surface area contributed by atoms with Gasteiger partial charge in [0.1, 0.15) is 17.9 Å². The molecule has 1 aliphatic rings. The maximum Gasteiger partial charge on any atom is 0.573 e. The van der Waals surface area contributed by atoms with Crippen molar-refractivity contribution in [2.24, 2.45) is 0 Å². The van der Waals surface area contributed by atoms with E-state index in [1.54, 1.807) is 35.2 Å². The third-order valence-corrected chi connectivity index (χ3v) is 5.30. The van der Waals surface area contributed by atoms with Crippen molar-refractivity contribution < 1.29 is 27.8 Å². The van der Waals surface area contributed by atoms with Gasteiger partial charge < -0.3 is 20.1 Å². The predicted molar refractivity (Wildman–Crippen MR) is 115 cm³/mol. The molecule has 1 aromatic heterocycles. The highest BCUT2D eigenvalue weighted by atomic mass is 19.4. The fraction of sp³-hybridized carbons (Fsp3) is 0.261. The Kier molecular flexibility index (Phi) is 6.45. The molecule has 4 rings (SSSR count). The lowest BCUT2D eigenvalue weighted by Gasteiger charge is -2.23. The molecule has 1 saturated heterocycles. The number of nitrogens with zero attached hydrogens (tertiary/aromatic N) is 3. The molecule has 0 saturated carbocycles. The van der Waals surface area contributed by atoms with Crippen molar-refractivity contribution in [3.05, 3.63) is 66.5 Å². The zero-order valence-electron chi connectivity index (χ0n) is 17.4. The second kappa shape index (κ2) is 9.45. The number of aromatic nitrogens is 2. The quantitative estimate of drug-likeness (QED) is 0.570. The summed E-state index contributed by atoms with van der Waals surface area (Å²) in [4.78, 5) is 22.8. The number of amides is 1. The van der Waals surface area contributed by atoms with Crippen LogP contribution in [0.3, 0.4) is 0 Å². The molecule has 1 fully saturated rings. The fourth-order valence-corrected chi connectivity index (χ4v) is 3.71. The first-order valence-corrected chi connectivity index (χ1v) is 10.3. The molecular formula is C23H21F3N4O3. The van der Waals surface area contributed by atoms with Crippen LogP contribution in [0.5, 0.6) is 5.75 Å². The second-order valence-corrected chi connectivity index (χ2v) is 7.54. The summed E-state index contributed by atoms with van der Waals surface area (Å²) in [6, 6.07) is 13.9. The van der Waals surface area contributed by atoms with Crippen LogP contribution >= 0.6 is 0 Å². The van der Waals surface area contributed by atoms with Crippen LogP contribution in [0.1, 0.15) is 23.2 Å². The maximum atomic E-state index is 12.7. The number of anilines is 2. The van der Waals surface area contributed by atoms with Gasteiger partial charge >= 0.3 is 6.36 Å². The molecule has 2 heterocycles. The van der Waals surface area contributed by atoms with Gasteiger partial charge in [-0.15, -0.1) is 13.2 Å². The van der Waals surface area contributed by atoms with Gasteiger partial charge in [0.25, 0.3) is 5.91 Å². The molecular weight excluding hydrogens is 437 g/mol. The molecule has 0 radical (unpaired) electrons. The number of hydrogen-bond donors (Lipinski definition) is 2. The summed E-state index contributed by atoms with van der Waals surface area (Å²) < 4.78 is 40.7. The highest BCUT2D eigenvalue weighted by Crippen LogP contribution is 2.26. The van der Waals surface area contributed by atoms with Gasteiger partial charge in [-0.25, -0.2) is 9.97 Å². The minimum absolute atomic E-state index is 0.0430. The molecule has 2 N–H and O–H groups in total. The number of carbonyl (C=O) groups is 1. The van der Waals surface area contributed by atoms with Crippen LogP contribution in [0.2, 0.25) is 0 Å². The summed E-state index contributed by atoms with van der Waals surface area (Å²) in [6.07, 6.45) is -1.70. The molecule has 33 heavy (non-hydrogen) atoms. The van der Waals surface area contributed by atoms with Gasteiger partial charge in [-0.05, 0) is 49.2 Å². The maximum absolute atomic E-state index is 12.7. The van der Waals surface area contributed by atoms with Crippen LogP contribution in [-0.2, 0) is 0 Å². The Labute approximate surface area is 187 Å². The number of rotatable bonds is 6. The van der Waals surface area contributed by atoms with Crippen molar-refractivity contribution in [2.75, 3.05) is 18.5 Å². The van der Waals surface area contributed by atoms with Crippen LogP contribution in [0.15, 0.2) is 60.9 Å². The van der Waals surface area contributed by atoms with E-state index in [4.69, 9.17) is 0 Å². The van der Waals surface area contributed by atoms with Crippen LogP contribution in [0, 0.1) is 0 Å². The lowest BCUT2D eigenvalue weighted by Crippen LogP contribution is -2.37. The number of benzene rings is 2. The van der Waals surface area contributed by atoms with Crippen molar-refractivity contribution in [2.45, 2.75) is 25.2 Å². The van der Waals surface area contributed by atoms with E-state index in [-0.39, 0.29) is 24.3 Å². The van der Waals surface area contributed by atoms with E-state index in [0.717, 1.165) is 18.4 Å². The number of nitrogens with one attached hydrogen (secondary N) is 1. The molecule has 1 aliphatic heterocycles. The summed E-state index contributed by atoms with van der Waals surface area (Å²) >= 11 is 0. The van der Waals surface area contributed by atoms with E-state index in [1.165, 1.54) is 30.6 Å². The third kappa shape index (κ3) is 5.58. The molecule has 10 heteroatoms. The largest absolute Gasteiger partial charge is 0.573 e. The molecule has 0 bridgehead atoms. The monoisotopic (exact) mass is 458 g/mol. The number of alkyl halides is 3. The Morgan fingerprint density at radius 3 is 2.52 bits per heavy atom. The van der Waals surface area contributed by atoms with Gasteiger partial charge in [0.15, 0.2) is 0 Å². The average Bonchev–Trinajstić information content (AvgIpc) is 3.28. The minimum Gasteiger partial charge on any atom is -0.406 e. The van der Waals surface area contributed by atoms with Crippen molar-refractivity contribution in [1.82, 2.24) is 14.9 Å². The molecule has 0 aliphatic carbocycles. The molecule has 2 aromatic carbocycles. The lowest BCUT2D eigenvalue weighted by molar-refractivity contribution is -0.274. The Morgan fingerprint density at radius 2 is 1.85 bits per heavy atom. The van der Waals surface area contributed by atoms with Gasteiger partial charge in [0.05, 0.1) is 18.3 Å². The van der Waals surface area contributed by atoms with Crippen molar-refractivity contribution in [3.63, 3.8) is 0 Å². The first-order chi connectivity index (χ1) is 15.8. The van der Waals surface area contributed by atoms with E-state index < -0.39 is 6.36 Å². The normalized spacial score (nSPS) is 16.0. The fourth-order valence-electron chi connectivity index (χ4n) is 3.71. The zero-order chi connectivity index (χ0) is 23.4. The second-order valence-electron chi connectivity index (χ2n) is 7.54. The number of likely N-dealkylation sites (tertiary alicyclic amines) is 1. The molecule has 3 aromatic rings. The standard InChI is InChI=1S/C23H21F3N4O3/c24-23(25,26)33-19-9-7-17(8-10-19)29-21-12-20(27-14-28-21)15-3-5-16(6-4-15)22(32)30-11-1-2-18(30)13-31/h3-10,12,14,18,31H,1-2,11,13H2,(H,27,28,29)/t18-/m0/s1. The Morgan fingerprint density at radius 1 is 1.12 bits per heavy atom. The molecule has 172 valence electrons. The number of hydrogen-bond acceptors (Lipinski definition) is 6.